The van der Waals surface area contributed by atoms with E-state index in [0.717, 1.165) is 0 Å². The molecule has 2 aromatic rings. The Morgan fingerprint density at radius 1 is 0.909 bits per heavy atom. The fourth-order valence-corrected chi connectivity index (χ4v) is 4.15. The molecule has 0 atom stereocenters. The SMILES string of the molecule is COC(=O)C(C)(C)CCOC(C)(C)CCNC(=O)OCC1c2ccccc2-c2ccccc21. The van der Waals surface area contributed by atoms with E-state index >= 15 is 0 Å². The molecule has 0 aromatic heterocycles. The van der Waals surface area contributed by atoms with Crippen LogP contribution < -0.4 is 5.32 Å². The van der Waals surface area contributed by atoms with Crippen molar-refractivity contribution in [3.05, 3.63) is 59.7 Å². The van der Waals surface area contributed by atoms with Crippen LogP contribution in [0.5, 0.6) is 0 Å². The van der Waals surface area contributed by atoms with Crippen molar-refractivity contribution in [3.8, 4) is 11.1 Å². The first kappa shape index (κ1) is 24.8. The number of rotatable bonds is 10. The van der Waals surface area contributed by atoms with Gasteiger partial charge in [0.25, 0.3) is 0 Å². The molecule has 6 heteroatoms. The van der Waals surface area contributed by atoms with Crippen LogP contribution in [0.1, 0.15) is 57.6 Å². The maximum atomic E-state index is 12.3. The third-order valence-electron chi connectivity index (χ3n) is 6.30. The fraction of sp³-hybridized carbons (Fsp3) is 0.481. The van der Waals surface area contributed by atoms with Gasteiger partial charge in [0.05, 0.1) is 18.1 Å². The summed E-state index contributed by atoms with van der Waals surface area (Å²) in [6.07, 6.45) is 0.748. The highest BCUT2D eigenvalue weighted by atomic mass is 16.5. The molecule has 1 N–H and O–H groups in total. The molecule has 0 bridgehead atoms. The number of carbonyl (C=O) groups is 2. The average molecular weight is 454 g/mol. The number of alkyl carbamates (subject to hydrolysis) is 1. The van der Waals surface area contributed by atoms with Crippen molar-refractivity contribution in [3.63, 3.8) is 0 Å². The van der Waals surface area contributed by atoms with E-state index in [0.29, 0.717) is 32.6 Å². The van der Waals surface area contributed by atoms with Gasteiger partial charge in [0, 0.05) is 19.1 Å². The molecule has 0 spiro atoms. The number of esters is 1. The maximum Gasteiger partial charge on any atom is 0.407 e. The molecule has 0 radical (unpaired) electrons. The zero-order valence-corrected chi connectivity index (χ0v) is 20.3. The van der Waals surface area contributed by atoms with Gasteiger partial charge in [-0.3, -0.25) is 4.79 Å². The van der Waals surface area contributed by atoms with Gasteiger partial charge in [-0.25, -0.2) is 4.79 Å². The molecule has 2 aromatic carbocycles. The fourth-order valence-electron chi connectivity index (χ4n) is 4.15. The number of nitrogens with one attached hydrogen (secondary N) is 1. The van der Waals surface area contributed by atoms with Crippen molar-refractivity contribution in [1.82, 2.24) is 5.32 Å². The van der Waals surface area contributed by atoms with Gasteiger partial charge in [-0.1, -0.05) is 48.5 Å². The van der Waals surface area contributed by atoms with E-state index in [4.69, 9.17) is 14.2 Å². The van der Waals surface area contributed by atoms with Crippen LogP contribution in [0.15, 0.2) is 48.5 Å². The molecule has 0 unspecified atom stereocenters. The summed E-state index contributed by atoms with van der Waals surface area (Å²) < 4.78 is 16.4. The zero-order valence-electron chi connectivity index (χ0n) is 20.3. The molecule has 1 aliphatic carbocycles. The van der Waals surface area contributed by atoms with Gasteiger partial charge in [-0.2, -0.15) is 0 Å². The highest BCUT2D eigenvalue weighted by Crippen LogP contribution is 2.44. The molecule has 33 heavy (non-hydrogen) atoms. The Hall–Kier alpha value is -2.86. The zero-order chi connectivity index (χ0) is 24.1. The lowest BCUT2D eigenvalue weighted by Crippen LogP contribution is -2.35. The first-order chi connectivity index (χ1) is 15.6. The first-order valence-electron chi connectivity index (χ1n) is 11.5. The van der Waals surface area contributed by atoms with E-state index in [1.807, 2.05) is 52.0 Å². The van der Waals surface area contributed by atoms with Crippen molar-refractivity contribution < 1.29 is 23.8 Å². The van der Waals surface area contributed by atoms with Gasteiger partial charge < -0.3 is 19.5 Å². The molecule has 178 valence electrons. The monoisotopic (exact) mass is 453 g/mol. The van der Waals surface area contributed by atoms with Crippen molar-refractivity contribution in [2.24, 2.45) is 5.41 Å². The van der Waals surface area contributed by atoms with Crippen molar-refractivity contribution in [1.29, 1.82) is 0 Å². The molecule has 3 rings (SSSR count). The summed E-state index contributed by atoms with van der Waals surface area (Å²) in [6.45, 7) is 8.78. The van der Waals surface area contributed by atoms with Crippen molar-refractivity contribution in [2.45, 2.75) is 52.1 Å². The molecule has 0 saturated heterocycles. The van der Waals surface area contributed by atoms with Crippen LogP contribution in [-0.4, -0.2) is 44.5 Å². The Labute approximate surface area is 196 Å². The number of hydrogen-bond acceptors (Lipinski definition) is 5. The Bertz CT molecular complexity index is 936. The van der Waals surface area contributed by atoms with E-state index in [1.54, 1.807) is 0 Å². The van der Waals surface area contributed by atoms with Crippen LogP contribution in [0, 0.1) is 5.41 Å². The third kappa shape index (κ3) is 6.14. The van der Waals surface area contributed by atoms with Gasteiger partial charge in [-0.05, 0) is 62.8 Å². The van der Waals surface area contributed by atoms with E-state index in [9.17, 15) is 9.59 Å². The predicted octanol–water partition coefficient (Wildman–Crippen LogP) is 5.30. The lowest BCUT2D eigenvalue weighted by Gasteiger charge is -2.28. The lowest BCUT2D eigenvalue weighted by atomic mass is 9.90. The van der Waals surface area contributed by atoms with Crippen LogP contribution in [-0.2, 0) is 19.0 Å². The summed E-state index contributed by atoms with van der Waals surface area (Å²) in [7, 11) is 1.39. The van der Waals surface area contributed by atoms with E-state index < -0.39 is 17.1 Å². The minimum absolute atomic E-state index is 0.0427. The van der Waals surface area contributed by atoms with Gasteiger partial charge in [0.2, 0.25) is 0 Å². The second-order valence-corrected chi connectivity index (χ2v) is 9.74. The molecule has 6 nitrogen and oxygen atoms in total. The summed E-state index contributed by atoms with van der Waals surface area (Å²) in [5.41, 5.74) is 3.76. The van der Waals surface area contributed by atoms with Crippen LogP contribution in [0.25, 0.3) is 11.1 Å². The number of benzene rings is 2. The number of methoxy groups -OCH3 is 1. The molecular weight excluding hydrogens is 418 g/mol. The topological polar surface area (TPSA) is 73.9 Å². The summed E-state index contributed by atoms with van der Waals surface area (Å²) in [4.78, 5) is 24.1. The summed E-state index contributed by atoms with van der Waals surface area (Å²) in [5.74, 6) is -0.207. The highest BCUT2D eigenvalue weighted by Gasteiger charge is 2.30. The maximum absolute atomic E-state index is 12.3. The average Bonchev–Trinajstić information content (AvgIpc) is 3.10. The van der Waals surface area contributed by atoms with Crippen LogP contribution in [0.3, 0.4) is 0 Å². The first-order valence-corrected chi connectivity index (χ1v) is 11.5. The highest BCUT2D eigenvalue weighted by molar-refractivity contribution is 5.79. The third-order valence-corrected chi connectivity index (χ3v) is 6.30. The van der Waals surface area contributed by atoms with Crippen molar-refractivity contribution >= 4 is 12.1 Å². The Morgan fingerprint density at radius 3 is 2.06 bits per heavy atom. The molecule has 0 saturated carbocycles. The van der Waals surface area contributed by atoms with Gasteiger partial charge in [0.15, 0.2) is 0 Å². The van der Waals surface area contributed by atoms with Crippen LogP contribution in [0.4, 0.5) is 4.79 Å². The predicted molar refractivity (Wildman–Crippen MR) is 128 cm³/mol. The van der Waals surface area contributed by atoms with Gasteiger partial charge in [0.1, 0.15) is 6.61 Å². The molecular formula is C27H35NO5. The van der Waals surface area contributed by atoms with E-state index in [2.05, 4.69) is 29.6 Å². The number of fused-ring (bicyclic) bond motifs is 3. The van der Waals surface area contributed by atoms with Crippen LogP contribution in [0.2, 0.25) is 0 Å². The number of amides is 1. The molecule has 0 heterocycles. The minimum Gasteiger partial charge on any atom is -0.469 e. The standard InChI is InChI=1S/C27H35NO5/c1-26(2,24(29)31-5)15-17-33-27(3,4)14-16-28-25(30)32-18-23-21-12-8-6-10-19(21)20-11-7-9-13-22(20)23/h6-13,23H,14-18H2,1-5H3,(H,28,30). The van der Waals surface area contributed by atoms with Gasteiger partial charge >= 0.3 is 12.1 Å². The second-order valence-electron chi connectivity index (χ2n) is 9.74. The minimum atomic E-state index is -0.593. The van der Waals surface area contributed by atoms with E-state index in [-0.39, 0.29) is 11.9 Å². The Kier molecular flexibility index (Phi) is 7.80. The van der Waals surface area contributed by atoms with E-state index in [1.165, 1.54) is 29.4 Å². The smallest absolute Gasteiger partial charge is 0.407 e. The molecule has 1 aliphatic rings. The lowest BCUT2D eigenvalue weighted by molar-refractivity contribution is -0.152. The summed E-state index contributed by atoms with van der Waals surface area (Å²) in [5, 5.41) is 2.83. The number of ether oxygens (including phenoxy) is 3. The van der Waals surface area contributed by atoms with Crippen LogP contribution >= 0.6 is 0 Å². The largest absolute Gasteiger partial charge is 0.469 e. The Morgan fingerprint density at radius 2 is 1.48 bits per heavy atom. The number of hydrogen-bond donors (Lipinski definition) is 1. The Balaban J connectivity index is 1.43. The van der Waals surface area contributed by atoms with Crippen molar-refractivity contribution in [2.75, 3.05) is 26.9 Å². The quantitative estimate of drug-likeness (QED) is 0.494. The normalized spacial score (nSPS) is 13.2. The van der Waals surface area contributed by atoms with Gasteiger partial charge in [-0.15, -0.1) is 0 Å². The number of carbonyl (C=O) groups excluding carboxylic acids is 2. The molecule has 0 fully saturated rings. The molecule has 0 aliphatic heterocycles. The summed E-state index contributed by atoms with van der Waals surface area (Å²) >= 11 is 0. The molecule has 1 amide bonds. The summed E-state index contributed by atoms with van der Waals surface area (Å²) in [6, 6.07) is 16.5. The second kappa shape index (κ2) is 10.4.